The van der Waals surface area contributed by atoms with Gasteiger partial charge in [0.15, 0.2) is 0 Å². The maximum Gasteiger partial charge on any atom is 0.303 e. The van der Waals surface area contributed by atoms with E-state index >= 15 is 0 Å². The lowest BCUT2D eigenvalue weighted by molar-refractivity contribution is -0.229. The molecule has 6 fully saturated rings. The van der Waals surface area contributed by atoms with Crippen molar-refractivity contribution in [1.29, 1.82) is 0 Å². The SMILES string of the molecule is CC(=O)OC1(C)C2CC3C4CC5CC3C1C5C4C2. The number of hydrogen-bond acceptors (Lipinski definition) is 2. The van der Waals surface area contributed by atoms with Gasteiger partial charge in [-0.2, -0.15) is 0 Å². The van der Waals surface area contributed by atoms with Gasteiger partial charge in [-0.3, -0.25) is 4.79 Å². The third-order valence-corrected chi connectivity index (χ3v) is 7.66. The predicted molar refractivity (Wildman–Crippen MR) is 66.6 cm³/mol. The van der Waals surface area contributed by atoms with Crippen LogP contribution in [0.3, 0.4) is 0 Å². The average molecular weight is 246 g/mol. The maximum absolute atomic E-state index is 11.5. The van der Waals surface area contributed by atoms with Gasteiger partial charge in [0.05, 0.1) is 0 Å². The standard InChI is InChI=1S/C16H22O2/c1-7(17)18-16(2)9-5-11-10-3-8-4-13(11)15(16)14(8)12(10)6-9/h8-15H,3-6H2,1-2H3. The molecule has 0 aromatic rings. The fourth-order valence-electron chi connectivity index (χ4n) is 7.61. The van der Waals surface area contributed by atoms with Crippen molar-refractivity contribution in [3.05, 3.63) is 0 Å². The Morgan fingerprint density at radius 3 is 2.50 bits per heavy atom. The zero-order valence-electron chi connectivity index (χ0n) is 11.3. The normalized spacial score (nSPS) is 65.9. The lowest BCUT2D eigenvalue weighted by Crippen LogP contribution is -2.64. The van der Waals surface area contributed by atoms with E-state index in [9.17, 15) is 4.79 Å². The largest absolute Gasteiger partial charge is 0.459 e. The molecule has 0 aromatic carbocycles. The molecule has 9 unspecified atom stereocenters. The topological polar surface area (TPSA) is 26.3 Å². The molecule has 0 spiro atoms. The van der Waals surface area contributed by atoms with E-state index in [0.29, 0.717) is 11.8 Å². The van der Waals surface area contributed by atoms with Crippen LogP contribution in [0.15, 0.2) is 0 Å². The van der Waals surface area contributed by atoms with Crippen LogP contribution < -0.4 is 0 Å². The smallest absolute Gasteiger partial charge is 0.303 e. The van der Waals surface area contributed by atoms with Gasteiger partial charge in [0.2, 0.25) is 0 Å². The Labute approximate surface area is 108 Å². The first kappa shape index (κ1) is 10.3. The highest BCUT2D eigenvalue weighted by Crippen LogP contribution is 2.77. The summed E-state index contributed by atoms with van der Waals surface area (Å²) in [5.74, 6) is 7.19. The summed E-state index contributed by atoms with van der Waals surface area (Å²) < 4.78 is 5.92. The first-order valence-electron chi connectivity index (χ1n) is 7.79. The van der Waals surface area contributed by atoms with Crippen molar-refractivity contribution < 1.29 is 9.53 Å². The molecule has 2 nitrogen and oxygen atoms in total. The molecule has 6 saturated carbocycles. The van der Waals surface area contributed by atoms with Crippen LogP contribution in [0.25, 0.3) is 0 Å². The Morgan fingerprint density at radius 1 is 1.06 bits per heavy atom. The minimum atomic E-state index is -0.113. The first-order chi connectivity index (χ1) is 8.59. The molecule has 0 saturated heterocycles. The molecule has 98 valence electrons. The molecule has 6 rings (SSSR count). The molecule has 6 aliphatic rings. The van der Waals surface area contributed by atoms with Gasteiger partial charge in [0.1, 0.15) is 5.60 Å². The Hall–Kier alpha value is -0.530. The van der Waals surface area contributed by atoms with Gasteiger partial charge in [-0.15, -0.1) is 0 Å². The van der Waals surface area contributed by atoms with Crippen LogP contribution in [0.5, 0.6) is 0 Å². The molecule has 7 bridgehead atoms. The fourth-order valence-corrected chi connectivity index (χ4v) is 7.61. The molecule has 6 aliphatic carbocycles. The van der Waals surface area contributed by atoms with Crippen molar-refractivity contribution >= 4 is 5.97 Å². The van der Waals surface area contributed by atoms with Crippen LogP contribution in [0.1, 0.15) is 39.5 Å². The molecule has 0 heterocycles. The molecule has 0 radical (unpaired) electrons. The van der Waals surface area contributed by atoms with Crippen molar-refractivity contribution in [2.45, 2.75) is 45.1 Å². The van der Waals surface area contributed by atoms with E-state index in [4.69, 9.17) is 4.74 Å². The fraction of sp³-hybridized carbons (Fsp3) is 0.938. The summed E-state index contributed by atoms with van der Waals surface area (Å²) in [5, 5.41) is 0. The van der Waals surface area contributed by atoms with Crippen LogP contribution in [0.2, 0.25) is 0 Å². The van der Waals surface area contributed by atoms with Crippen molar-refractivity contribution in [3.63, 3.8) is 0 Å². The average Bonchev–Trinajstić information content (AvgIpc) is 2.77. The highest BCUT2D eigenvalue weighted by atomic mass is 16.6. The lowest BCUT2D eigenvalue weighted by atomic mass is 9.44. The van der Waals surface area contributed by atoms with Gasteiger partial charge < -0.3 is 4.74 Å². The van der Waals surface area contributed by atoms with Crippen LogP contribution in [0, 0.1) is 47.3 Å². The summed E-state index contributed by atoms with van der Waals surface area (Å²) in [4.78, 5) is 11.5. The molecular formula is C16H22O2. The van der Waals surface area contributed by atoms with Gasteiger partial charge in [0, 0.05) is 12.8 Å². The Balaban J connectivity index is 1.64. The Kier molecular flexibility index (Phi) is 1.60. The minimum absolute atomic E-state index is 0.0586. The van der Waals surface area contributed by atoms with Crippen LogP contribution in [-0.4, -0.2) is 11.6 Å². The second-order valence-electron chi connectivity index (χ2n) is 7.94. The number of rotatable bonds is 1. The molecule has 0 aliphatic heterocycles. The van der Waals surface area contributed by atoms with Crippen LogP contribution in [0.4, 0.5) is 0 Å². The van der Waals surface area contributed by atoms with Crippen molar-refractivity contribution in [1.82, 2.24) is 0 Å². The zero-order valence-corrected chi connectivity index (χ0v) is 11.3. The summed E-state index contributed by atoms with van der Waals surface area (Å²) in [6.45, 7) is 3.86. The Bertz CT molecular complexity index is 436. The van der Waals surface area contributed by atoms with Gasteiger partial charge in [0.25, 0.3) is 0 Å². The summed E-state index contributed by atoms with van der Waals surface area (Å²) >= 11 is 0. The van der Waals surface area contributed by atoms with Gasteiger partial charge in [-0.05, 0) is 74.0 Å². The highest BCUT2D eigenvalue weighted by Gasteiger charge is 2.74. The van der Waals surface area contributed by atoms with Crippen molar-refractivity contribution in [2.24, 2.45) is 47.3 Å². The summed E-state index contributed by atoms with van der Waals surface area (Å²) in [6.07, 6.45) is 5.67. The van der Waals surface area contributed by atoms with Crippen LogP contribution in [-0.2, 0) is 9.53 Å². The molecule has 0 amide bonds. The van der Waals surface area contributed by atoms with E-state index in [0.717, 1.165) is 35.5 Å². The van der Waals surface area contributed by atoms with Gasteiger partial charge in [-0.25, -0.2) is 0 Å². The van der Waals surface area contributed by atoms with Crippen molar-refractivity contribution in [2.75, 3.05) is 0 Å². The molecule has 2 heteroatoms. The number of carbonyl (C=O) groups is 1. The maximum atomic E-state index is 11.5. The lowest BCUT2D eigenvalue weighted by Gasteiger charge is -2.63. The summed E-state index contributed by atoms with van der Waals surface area (Å²) in [6, 6.07) is 0. The molecule has 18 heavy (non-hydrogen) atoms. The molecular weight excluding hydrogens is 224 g/mol. The third-order valence-electron chi connectivity index (χ3n) is 7.66. The number of ether oxygens (including phenoxy) is 1. The highest BCUT2D eigenvalue weighted by molar-refractivity contribution is 5.66. The molecule has 0 aromatic heterocycles. The van der Waals surface area contributed by atoms with E-state index in [1.165, 1.54) is 25.7 Å². The van der Waals surface area contributed by atoms with E-state index in [2.05, 4.69) is 6.92 Å². The number of esters is 1. The number of carbonyl (C=O) groups excluding carboxylic acids is 1. The molecule has 0 N–H and O–H groups in total. The quantitative estimate of drug-likeness (QED) is 0.665. The van der Waals surface area contributed by atoms with E-state index in [1.807, 2.05) is 0 Å². The number of hydrogen-bond donors (Lipinski definition) is 0. The predicted octanol–water partition coefficient (Wildman–Crippen LogP) is 2.87. The Morgan fingerprint density at radius 2 is 1.72 bits per heavy atom. The van der Waals surface area contributed by atoms with E-state index < -0.39 is 0 Å². The first-order valence-corrected chi connectivity index (χ1v) is 7.79. The second-order valence-corrected chi connectivity index (χ2v) is 7.94. The third kappa shape index (κ3) is 0.886. The summed E-state index contributed by atoms with van der Waals surface area (Å²) in [7, 11) is 0. The van der Waals surface area contributed by atoms with E-state index in [-0.39, 0.29) is 11.6 Å². The molecule has 9 atom stereocenters. The van der Waals surface area contributed by atoms with E-state index in [1.54, 1.807) is 6.92 Å². The van der Waals surface area contributed by atoms with Gasteiger partial charge in [-0.1, -0.05) is 0 Å². The van der Waals surface area contributed by atoms with Crippen LogP contribution >= 0.6 is 0 Å². The van der Waals surface area contributed by atoms with Crippen molar-refractivity contribution in [3.8, 4) is 0 Å². The minimum Gasteiger partial charge on any atom is -0.459 e. The zero-order chi connectivity index (χ0) is 12.2. The summed E-state index contributed by atoms with van der Waals surface area (Å²) in [5.41, 5.74) is -0.113. The van der Waals surface area contributed by atoms with Gasteiger partial charge >= 0.3 is 5.97 Å². The monoisotopic (exact) mass is 246 g/mol. The second kappa shape index (κ2) is 2.81.